The van der Waals surface area contributed by atoms with Crippen LogP contribution in [0, 0.1) is 0 Å². The van der Waals surface area contributed by atoms with Gasteiger partial charge in [0.25, 0.3) is 5.91 Å². The molecule has 2 aliphatic heterocycles. The fourth-order valence-corrected chi connectivity index (χ4v) is 4.86. The van der Waals surface area contributed by atoms with Crippen LogP contribution in [0.2, 0.25) is 0 Å². The van der Waals surface area contributed by atoms with Crippen molar-refractivity contribution in [1.82, 2.24) is 20.1 Å². The molecule has 2 aromatic rings. The Hall–Kier alpha value is -3.14. The Morgan fingerprint density at radius 3 is 2.72 bits per heavy atom. The number of rotatable bonds is 3. The molecule has 2 N–H and O–H groups in total. The molecule has 0 radical (unpaired) electrons. The third-order valence-corrected chi connectivity index (χ3v) is 6.62. The van der Waals surface area contributed by atoms with Crippen molar-refractivity contribution in [2.75, 3.05) is 25.1 Å². The Kier molecular flexibility index (Phi) is 5.58. The van der Waals surface area contributed by atoms with Gasteiger partial charge in [-0.2, -0.15) is 0 Å². The first-order valence-electron chi connectivity index (χ1n) is 10.4. The Morgan fingerprint density at radius 2 is 2.03 bits per heavy atom. The van der Waals surface area contributed by atoms with Gasteiger partial charge in [-0.1, -0.05) is 0 Å². The van der Waals surface area contributed by atoms with Gasteiger partial charge in [0.1, 0.15) is 22.7 Å². The quantitative estimate of drug-likeness (QED) is 0.734. The molecule has 4 rings (SSSR count). The van der Waals surface area contributed by atoms with Crippen LogP contribution >= 0.6 is 11.3 Å². The van der Waals surface area contributed by atoms with Gasteiger partial charge >= 0.3 is 6.09 Å². The molecule has 1 fully saturated rings. The zero-order valence-electron chi connectivity index (χ0n) is 18.6. The van der Waals surface area contributed by atoms with Crippen LogP contribution in [0.25, 0.3) is 10.4 Å². The van der Waals surface area contributed by atoms with E-state index in [1.807, 2.05) is 25.1 Å². The fraction of sp³-hybridized carbons (Fsp3) is 0.455. The largest absolute Gasteiger partial charge is 0.444 e. The smallest absolute Gasteiger partial charge is 0.408 e. The molecule has 0 aromatic carbocycles. The summed E-state index contributed by atoms with van der Waals surface area (Å²) in [6.45, 7) is 7.68. The van der Waals surface area contributed by atoms with Gasteiger partial charge in [0, 0.05) is 30.2 Å². The Bertz CT molecular complexity index is 1050. The lowest BCUT2D eigenvalue weighted by Crippen LogP contribution is -2.66. The third-order valence-electron chi connectivity index (χ3n) is 5.45. The average molecular weight is 458 g/mol. The SMILES string of the molecule is CC(C)(C)OC(=O)NCC(=O)N1CCC2(C)Nc3cc(-c4ccncc4)sc3C(=O)N2C1. The number of aromatic nitrogens is 1. The van der Waals surface area contributed by atoms with Gasteiger partial charge in [-0.3, -0.25) is 19.5 Å². The third kappa shape index (κ3) is 4.40. The van der Waals surface area contributed by atoms with E-state index in [4.69, 9.17) is 4.74 Å². The number of ether oxygens (including phenoxy) is 1. The van der Waals surface area contributed by atoms with Crippen LogP contribution in [0.4, 0.5) is 10.5 Å². The summed E-state index contributed by atoms with van der Waals surface area (Å²) >= 11 is 1.42. The van der Waals surface area contributed by atoms with Crippen molar-refractivity contribution >= 4 is 34.9 Å². The molecule has 2 aromatic heterocycles. The molecule has 1 atom stereocenters. The predicted molar refractivity (Wildman–Crippen MR) is 121 cm³/mol. The maximum Gasteiger partial charge on any atom is 0.408 e. The molecule has 2 aliphatic rings. The molecule has 0 bridgehead atoms. The maximum absolute atomic E-state index is 13.3. The zero-order chi connectivity index (χ0) is 23.1. The minimum Gasteiger partial charge on any atom is -0.444 e. The predicted octanol–water partition coefficient (Wildman–Crippen LogP) is 3.11. The van der Waals surface area contributed by atoms with E-state index >= 15 is 0 Å². The van der Waals surface area contributed by atoms with E-state index < -0.39 is 17.4 Å². The topological polar surface area (TPSA) is 104 Å². The van der Waals surface area contributed by atoms with E-state index in [0.717, 1.165) is 16.1 Å². The number of fused-ring (bicyclic) bond motifs is 2. The van der Waals surface area contributed by atoms with Crippen molar-refractivity contribution < 1.29 is 19.1 Å². The van der Waals surface area contributed by atoms with Crippen molar-refractivity contribution in [1.29, 1.82) is 0 Å². The van der Waals surface area contributed by atoms with Crippen LogP contribution in [0.15, 0.2) is 30.6 Å². The van der Waals surface area contributed by atoms with Crippen molar-refractivity contribution in [3.63, 3.8) is 0 Å². The highest BCUT2D eigenvalue weighted by Gasteiger charge is 2.46. The number of hydrogen-bond donors (Lipinski definition) is 2. The number of thiophene rings is 1. The average Bonchev–Trinajstić information content (AvgIpc) is 3.15. The molecular formula is C22H27N5O4S. The molecule has 3 amide bonds. The highest BCUT2D eigenvalue weighted by molar-refractivity contribution is 7.18. The molecule has 0 saturated carbocycles. The van der Waals surface area contributed by atoms with Crippen LogP contribution in [-0.2, 0) is 9.53 Å². The first-order chi connectivity index (χ1) is 15.1. The summed E-state index contributed by atoms with van der Waals surface area (Å²) in [6, 6.07) is 5.82. The van der Waals surface area contributed by atoms with Gasteiger partial charge in [0.2, 0.25) is 5.91 Å². The number of carbonyl (C=O) groups is 3. The van der Waals surface area contributed by atoms with E-state index in [0.29, 0.717) is 17.8 Å². The molecular weight excluding hydrogens is 430 g/mol. The number of nitrogens with one attached hydrogen (secondary N) is 2. The van der Waals surface area contributed by atoms with Crippen LogP contribution in [0.3, 0.4) is 0 Å². The number of carbonyl (C=O) groups excluding carboxylic acids is 3. The van der Waals surface area contributed by atoms with Gasteiger partial charge in [-0.25, -0.2) is 4.79 Å². The maximum atomic E-state index is 13.3. The monoisotopic (exact) mass is 457 g/mol. The van der Waals surface area contributed by atoms with E-state index in [-0.39, 0.29) is 25.0 Å². The Balaban J connectivity index is 1.46. The fourth-order valence-electron chi connectivity index (χ4n) is 3.79. The second-order valence-corrected chi connectivity index (χ2v) is 10.2. The van der Waals surface area contributed by atoms with Crippen LogP contribution in [-0.4, -0.2) is 63.7 Å². The number of nitrogens with zero attached hydrogens (tertiary/aromatic N) is 3. The number of anilines is 1. The summed E-state index contributed by atoms with van der Waals surface area (Å²) in [5.74, 6) is -0.371. The first-order valence-corrected chi connectivity index (χ1v) is 11.3. The summed E-state index contributed by atoms with van der Waals surface area (Å²) < 4.78 is 5.17. The summed E-state index contributed by atoms with van der Waals surface area (Å²) in [5.41, 5.74) is 0.592. The molecule has 32 heavy (non-hydrogen) atoms. The van der Waals surface area contributed by atoms with E-state index in [1.54, 1.807) is 43.0 Å². The van der Waals surface area contributed by atoms with E-state index in [1.165, 1.54) is 11.3 Å². The lowest BCUT2D eigenvalue weighted by Gasteiger charge is -2.51. The highest BCUT2D eigenvalue weighted by Crippen LogP contribution is 2.42. The number of pyridine rings is 1. The number of hydrogen-bond acceptors (Lipinski definition) is 7. The van der Waals surface area contributed by atoms with Crippen molar-refractivity contribution in [2.45, 2.75) is 45.4 Å². The molecule has 1 unspecified atom stereocenters. The van der Waals surface area contributed by atoms with Gasteiger partial charge in [-0.15, -0.1) is 11.3 Å². The summed E-state index contributed by atoms with van der Waals surface area (Å²) in [5, 5.41) is 6.00. The lowest BCUT2D eigenvalue weighted by atomic mass is 9.99. The molecule has 0 aliphatic carbocycles. The van der Waals surface area contributed by atoms with Gasteiger partial charge in [0.15, 0.2) is 0 Å². The number of amides is 3. The van der Waals surface area contributed by atoms with Crippen molar-refractivity contribution in [3.8, 4) is 10.4 Å². The lowest BCUT2D eigenvalue weighted by molar-refractivity contribution is -0.135. The van der Waals surface area contributed by atoms with Crippen molar-refractivity contribution in [2.24, 2.45) is 0 Å². The minimum atomic E-state index is -0.643. The second kappa shape index (κ2) is 8.09. The Morgan fingerprint density at radius 1 is 1.31 bits per heavy atom. The zero-order valence-corrected chi connectivity index (χ0v) is 19.4. The second-order valence-electron chi connectivity index (χ2n) is 9.13. The molecule has 1 saturated heterocycles. The van der Waals surface area contributed by atoms with Gasteiger partial charge in [0.05, 0.1) is 12.4 Å². The van der Waals surface area contributed by atoms with Crippen LogP contribution in [0.1, 0.15) is 43.8 Å². The molecule has 0 spiro atoms. The highest BCUT2D eigenvalue weighted by atomic mass is 32.1. The molecule has 4 heterocycles. The molecule has 9 nitrogen and oxygen atoms in total. The summed E-state index contributed by atoms with van der Waals surface area (Å²) in [7, 11) is 0. The van der Waals surface area contributed by atoms with E-state index in [2.05, 4.69) is 15.6 Å². The minimum absolute atomic E-state index is 0.107. The Labute approximate surface area is 190 Å². The van der Waals surface area contributed by atoms with Crippen LogP contribution < -0.4 is 10.6 Å². The first kappa shape index (κ1) is 22.1. The standard InChI is InChI=1S/C22H27N5O4S/c1-21(2,3)31-20(30)24-12-17(28)26-10-7-22(4)25-15-11-16(14-5-8-23-9-6-14)32-18(15)19(29)27(22)13-26/h5-6,8-9,11,25H,7,10,12-13H2,1-4H3,(H,24,30). The van der Waals surface area contributed by atoms with E-state index in [9.17, 15) is 14.4 Å². The van der Waals surface area contributed by atoms with Gasteiger partial charge < -0.3 is 20.3 Å². The summed E-state index contributed by atoms with van der Waals surface area (Å²) in [4.78, 5) is 46.8. The van der Waals surface area contributed by atoms with Crippen molar-refractivity contribution in [3.05, 3.63) is 35.5 Å². The molecule has 170 valence electrons. The molecule has 10 heteroatoms. The van der Waals surface area contributed by atoms with Gasteiger partial charge in [-0.05, 0) is 51.5 Å². The number of alkyl carbamates (subject to hydrolysis) is 1. The summed E-state index contributed by atoms with van der Waals surface area (Å²) in [6.07, 6.45) is 3.37. The van der Waals surface area contributed by atoms with Crippen LogP contribution in [0.5, 0.6) is 0 Å². The normalized spacial score (nSPS) is 20.2.